The van der Waals surface area contributed by atoms with Gasteiger partial charge in [0.1, 0.15) is 13.2 Å². The summed E-state index contributed by atoms with van der Waals surface area (Å²) in [6.45, 7) is 6.64. The molecule has 0 saturated heterocycles. The van der Waals surface area contributed by atoms with E-state index >= 15 is 0 Å². The number of carbonyl (C=O) groups is 3. The van der Waals surface area contributed by atoms with Crippen LogP contribution < -0.4 is 0 Å². The van der Waals surface area contributed by atoms with Crippen LogP contribution in [0.25, 0.3) is 0 Å². The molecule has 0 amide bonds. The van der Waals surface area contributed by atoms with Crippen LogP contribution >= 0.6 is 0 Å². The average molecular weight is 1110 g/mol. The molecule has 0 saturated carbocycles. The summed E-state index contributed by atoms with van der Waals surface area (Å²) in [5.41, 5.74) is 0. The quantitative estimate of drug-likeness (QED) is 0.0261. The number of esters is 3. The molecule has 6 nitrogen and oxygen atoms in total. The molecule has 0 aliphatic carbocycles. The minimum Gasteiger partial charge on any atom is -0.462 e. The monoisotopic (exact) mass is 1110 g/mol. The van der Waals surface area contributed by atoms with E-state index in [1.54, 1.807) is 0 Å². The van der Waals surface area contributed by atoms with Crippen LogP contribution in [0.2, 0.25) is 0 Å². The summed E-state index contributed by atoms with van der Waals surface area (Å²) < 4.78 is 17.0. The third-order valence-corrected chi connectivity index (χ3v) is 15.5. The molecule has 0 N–H and O–H groups in total. The van der Waals surface area contributed by atoms with Crippen molar-refractivity contribution in [3.63, 3.8) is 0 Å². The van der Waals surface area contributed by atoms with Crippen molar-refractivity contribution >= 4 is 17.9 Å². The Balaban J connectivity index is 4.34. The Morgan fingerprint density at radius 1 is 0.253 bits per heavy atom. The zero-order valence-electron chi connectivity index (χ0n) is 52.9. The fourth-order valence-corrected chi connectivity index (χ4v) is 10.2. The lowest BCUT2D eigenvalue weighted by atomic mass is 10.0. The molecule has 0 spiro atoms. The van der Waals surface area contributed by atoms with Crippen molar-refractivity contribution in [2.24, 2.45) is 0 Å². The summed E-state index contributed by atoms with van der Waals surface area (Å²) in [5.74, 6) is -0.877. The van der Waals surface area contributed by atoms with Crippen molar-refractivity contribution in [1.29, 1.82) is 0 Å². The fourth-order valence-electron chi connectivity index (χ4n) is 10.2. The molecule has 0 aliphatic rings. The van der Waals surface area contributed by atoms with Crippen LogP contribution in [0.4, 0.5) is 0 Å². The van der Waals surface area contributed by atoms with Crippen LogP contribution in [0.5, 0.6) is 0 Å². The van der Waals surface area contributed by atoms with Crippen LogP contribution in [0.15, 0.2) is 60.8 Å². The van der Waals surface area contributed by atoms with Crippen molar-refractivity contribution < 1.29 is 28.6 Å². The van der Waals surface area contributed by atoms with Gasteiger partial charge in [-0.25, -0.2) is 0 Å². The summed E-state index contributed by atoms with van der Waals surface area (Å²) in [5, 5.41) is 0. The van der Waals surface area contributed by atoms with Gasteiger partial charge in [-0.15, -0.1) is 0 Å². The first-order chi connectivity index (χ1) is 39.0. The predicted octanol–water partition coefficient (Wildman–Crippen LogP) is 23.9. The van der Waals surface area contributed by atoms with E-state index < -0.39 is 6.10 Å². The first-order valence-electron chi connectivity index (χ1n) is 34.8. The summed E-state index contributed by atoms with van der Waals surface area (Å²) >= 11 is 0. The Labute approximate surface area is 491 Å². The first kappa shape index (κ1) is 76.1. The van der Waals surface area contributed by atoms with Crippen molar-refractivity contribution in [3.8, 4) is 0 Å². The van der Waals surface area contributed by atoms with E-state index in [0.717, 1.165) is 96.3 Å². The van der Waals surface area contributed by atoms with E-state index in [4.69, 9.17) is 14.2 Å². The Bertz CT molecular complexity index is 1410. The van der Waals surface area contributed by atoms with Gasteiger partial charge in [-0.3, -0.25) is 14.4 Å². The maximum atomic E-state index is 12.9. The lowest BCUT2D eigenvalue weighted by Gasteiger charge is -2.18. The Hall–Kier alpha value is -2.89. The molecule has 1 atom stereocenters. The summed E-state index contributed by atoms with van der Waals surface area (Å²) in [7, 11) is 0. The van der Waals surface area contributed by atoms with E-state index in [1.165, 1.54) is 231 Å². The van der Waals surface area contributed by atoms with E-state index in [1.807, 2.05) is 0 Å². The Morgan fingerprint density at radius 3 is 0.747 bits per heavy atom. The highest BCUT2D eigenvalue weighted by atomic mass is 16.6. The standard InChI is InChI=1S/C73H132O6/c1-4-7-10-13-16-19-22-25-28-31-34-35-36-37-38-40-42-45-48-51-54-57-60-63-66-72(75)78-69-70(68-77-71(74)65-62-59-56-53-50-47-44-41-33-30-27-24-21-18-15-12-9-6-3)79-73(76)67-64-61-58-55-52-49-46-43-39-32-29-26-23-20-17-14-11-8-5-2/h17,20-21,24,26,29-30,33,39,43,70H,4-16,18-19,22-23,25,27-28,31-32,34-38,40-42,44-69H2,1-3H3/b20-17-,24-21-,29-26-,33-30-,43-39-. The van der Waals surface area contributed by atoms with E-state index in [-0.39, 0.29) is 31.1 Å². The smallest absolute Gasteiger partial charge is 0.306 e. The Kier molecular flexibility index (Phi) is 65.1. The number of unbranched alkanes of at least 4 members (excludes halogenated alkanes) is 43. The van der Waals surface area contributed by atoms with Gasteiger partial charge in [0.25, 0.3) is 0 Å². The molecule has 0 radical (unpaired) electrons. The number of rotatable bonds is 64. The first-order valence-corrected chi connectivity index (χ1v) is 34.8. The predicted molar refractivity (Wildman–Crippen MR) is 344 cm³/mol. The molecule has 0 rings (SSSR count). The van der Waals surface area contributed by atoms with E-state index in [2.05, 4.69) is 81.5 Å². The van der Waals surface area contributed by atoms with Gasteiger partial charge in [-0.2, -0.15) is 0 Å². The van der Waals surface area contributed by atoms with E-state index in [9.17, 15) is 14.4 Å². The highest BCUT2D eigenvalue weighted by molar-refractivity contribution is 5.71. The number of carbonyl (C=O) groups excluding carboxylic acids is 3. The molecule has 0 aromatic rings. The number of allylic oxidation sites excluding steroid dienone is 10. The summed E-state index contributed by atoms with van der Waals surface area (Å²) in [6, 6.07) is 0. The second kappa shape index (κ2) is 67.6. The molecule has 460 valence electrons. The van der Waals surface area contributed by atoms with Gasteiger partial charge in [0.05, 0.1) is 0 Å². The summed E-state index contributed by atoms with van der Waals surface area (Å²) in [4.78, 5) is 38.4. The van der Waals surface area contributed by atoms with Crippen LogP contribution in [0.1, 0.15) is 367 Å². The molecule has 0 aromatic heterocycles. The molecule has 0 aromatic carbocycles. The zero-order chi connectivity index (χ0) is 57.1. The molecular weight excluding hydrogens is 973 g/mol. The third kappa shape index (κ3) is 65.8. The van der Waals surface area contributed by atoms with Crippen LogP contribution in [-0.2, 0) is 28.6 Å². The lowest BCUT2D eigenvalue weighted by molar-refractivity contribution is -0.167. The fraction of sp³-hybridized carbons (Fsp3) is 0.822. The molecule has 0 aliphatic heterocycles. The maximum Gasteiger partial charge on any atom is 0.306 e. The third-order valence-electron chi connectivity index (χ3n) is 15.5. The topological polar surface area (TPSA) is 78.9 Å². The van der Waals surface area contributed by atoms with Crippen molar-refractivity contribution in [3.05, 3.63) is 60.8 Å². The number of hydrogen-bond acceptors (Lipinski definition) is 6. The van der Waals surface area contributed by atoms with Gasteiger partial charge >= 0.3 is 17.9 Å². The highest BCUT2D eigenvalue weighted by Crippen LogP contribution is 2.18. The molecule has 1 unspecified atom stereocenters. The molecule has 0 fully saturated rings. The normalized spacial score (nSPS) is 12.4. The largest absolute Gasteiger partial charge is 0.462 e. The van der Waals surface area contributed by atoms with Crippen LogP contribution in [-0.4, -0.2) is 37.2 Å². The molecule has 79 heavy (non-hydrogen) atoms. The molecule has 0 heterocycles. The van der Waals surface area contributed by atoms with Crippen LogP contribution in [0.3, 0.4) is 0 Å². The molecule has 6 heteroatoms. The second-order valence-electron chi connectivity index (χ2n) is 23.4. The van der Waals surface area contributed by atoms with Gasteiger partial charge in [0, 0.05) is 19.3 Å². The second-order valence-corrected chi connectivity index (χ2v) is 23.4. The SMILES string of the molecule is CCCCC/C=C\C/C=C\C/C=C\CCCCCCCCC(=O)OC(COC(=O)CCCCCCCCC/C=C\C/C=C\CCCCCC)COC(=O)CCCCCCCCCCCCCCCCCCCCCCCCCC. The zero-order valence-corrected chi connectivity index (χ0v) is 52.9. The van der Waals surface area contributed by atoms with Crippen molar-refractivity contribution in [1.82, 2.24) is 0 Å². The van der Waals surface area contributed by atoms with Crippen LogP contribution in [0, 0.1) is 0 Å². The molecular formula is C73H132O6. The Morgan fingerprint density at radius 2 is 0.456 bits per heavy atom. The minimum absolute atomic E-state index is 0.0788. The number of hydrogen-bond donors (Lipinski definition) is 0. The van der Waals surface area contributed by atoms with Gasteiger partial charge in [0.2, 0.25) is 0 Å². The van der Waals surface area contributed by atoms with Crippen molar-refractivity contribution in [2.45, 2.75) is 374 Å². The molecule has 0 bridgehead atoms. The van der Waals surface area contributed by atoms with Gasteiger partial charge in [0.15, 0.2) is 6.10 Å². The number of ether oxygens (including phenoxy) is 3. The minimum atomic E-state index is -0.785. The lowest BCUT2D eigenvalue weighted by Crippen LogP contribution is -2.30. The van der Waals surface area contributed by atoms with E-state index in [0.29, 0.717) is 19.3 Å². The van der Waals surface area contributed by atoms with Gasteiger partial charge in [-0.1, -0.05) is 319 Å². The van der Waals surface area contributed by atoms with Gasteiger partial charge < -0.3 is 14.2 Å². The highest BCUT2D eigenvalue weighted by Gasteiger charge is 2.19. The van der Waals surface area contributed by atoms with Crippen molar-refractivity contribution in [2.75, 3.05) is 13.2 Å². The van der Waals surface area contributed by atoms with Gasteiger partial charge in [-0.05, 0) is 89.9 Å². The average Bonchev–Trinajstić information content (AvgIpc) is 3.45. The maximum absolute atomic E-state index is 12.9. The summed E-state index contributed by atoms with van der Waals surface area (Å²) in [6.07, 6.45) is 86.6.